The molecule has 0 radical (unpaired) electrons. The van der Waals surface area contributed by atoms with E-state index in [1.54, 1.807) is 0 Å². The van der Waals surface area contributed by atoms with E-state index in [1.807, 2.05) is 32.0 Å². The van der Waals surface area contributed by atoms with Crippen molar-refractivity contribution in [2.45, 2.75) is 33.6 Å². The van der Waals surface area contributed by atoms with Crippen LogP contribution in [0.2, 0.25) is 0 Å². The minimum absolute atomic E-state index is 0.185. The van der Waals surface area contributed by atoms with Gasteiger partial charge in [-0.05, 0) is 50.1 Å². The molecule has 8 heteroatoms. The second kappa shape index (κ2) is 8.98. The summed E-state index contributed by atoms with van der Waals surface area (Å²) in [4.78, 5) is 24.3. The Morgan fingerprint density at radius 3 is 2.10 bits per heavy atom. The standard InChI is InChI=1S/C21H22F3NO4/c1-12-8-13(2)10-15(9-12)11-18(20(27)28)14(3)19(26)25-16-4-6-17(7-5-16)29-21(22,23)24/h4-10,14,18H,11H2,1-3H3,(H,25,26)(H,27,28)/t14-,18-/m0/s1. The summed E-state index contributed by atoms with van der Waals surface area (Å²) < 4.78 is 40.4. The smallest absolute Gasteiger partial charge is 0.481 e. The number of benzene rings is 2. The van der Waals surface area contributed by atoms with Crippen molar-refractivity contribution >= 4 is 17.6 Å². The molecule has 2 N–H and O–H groups in total. The van der Waals surface area contributed by atoms with Crippen LogP contribution < -0.4 is 10.1 Å². The Morgan fingerprint density at radius 2 is 1.62 bits per heavy atom. The molecule has 0 fully saturated rings. The number of anilines is 1. The Morgan fingerprint density at radius 1 is 1.07 bits per heavy atom. The van der Waals surface area contributed by atoms with E-state index in [-0.39, 0.29) is 12.1 Å². The van der Waals surface area contributed by atoms with Crippen molar-refractivity contribution in [2.24, 2.45) is 11.8 Å². The maximum atomic E-state index is 12.5. The molecule has 0 heterocycles. The number of hydrogen-bond donors (Lipinski definition) is 2. The number of carbonyl (C=O) groups excluding carboxylic acids is 1. The van der Waals surface area contributed by atoms with Gasteiger partial charge in [-0.15, -0.1) is 13.2 Å². The number of rotatable bonds is 7. The lowest BCUT2D eigenvalue weighted by Gasteiger charge is -2.20. The average Bonchev–Trinajstić information content (AvgIpc) is 2.58. The lowest BCUT2D eigenvalue weighted by atomic mass is 9.86. The lowest BCUT2D eigenvalue weighted by Crippen LogP contribution is -2.33. The molecule has 2 aromatic carbocycles. The molecular weight excluding hydrogens is 387 g/mol. The highest BCUT2D eigenvalue weighted by Crippen LogP contribution is 2.25. The molecule has 1 amide bonds. The van der Waals surface area contributed by atoms with Crippen molar-refractivity contribution in [1.82, 2.24) is 0 Å². The van der Waals surface area contributed by atoms with E-state index < -0.39 is 35.8 Å². The van der Waals surface area contributed by atoms with Crippen molar-refractivity contribution in [3.8, 4) is 5.75 Å². The first-order chi connectivity index (χ1) is 13.4. The van der Waals surface area contributed by atoms with Crippen LogP contribution >= 0.6 is 0 Å². The van der Waals surface area contributed by atoms with E-state index in [2.05, 4.69) is 10.1 Å². The molecule has 5 nitrogen and oxygen atoms in total. The lowest BCUT2D eigenvalue weighted by molar-refractivity contribution is -0.274. The maximum Gasteiger partial charge on any atom is 0.573 e. The molecule has 0 spiro atoms. The number of carboxylic acids is 1. The van der Waals surface area contributed by atoms with Gasteiger partial charge in [0.1, 0.15) is 5.75 Å². The van der Waals surface area contributed by atoms with Crippen LogP contribution in [0.15, 0.2) is 42.5 Å². The van der Waals surface area contributed by atoms with Crippen LogP contribution in [-0.2, 0) is 16.0 Å². The van der Waals surface area contributed by atoms with Gasteiger partial charge >= 0.3 is 12.3 Å². The van der Waals surface area contributed by atoms with E-state index in [4.69, 9.17) is 0 Å². The average molecular weight is 409 g/mol. The van der Waals surface area contributed by atoms with Gasteiger partial charge in [-0.3, -0.25) is 9.59 Å². The van der Waals surface area contributed by atoms with Crippen molar-refractivity contribution in [3.05, 3.63) is 59.2 Å². The van der Waals surface area contributed by atoms with Gasteiger partial charge in [0.15, 0.2) is 0 Å². The topological polar surface area (TPSA) is 75.6 Å². The highest BCUT2D eigenvalue weighted by Gasteiger charge is 2.32. The van der Waals surface area contributed by atoms with Crippen LogP contribution in [0.25, 0.3) is 0 Å². The van der Waals surface area contributed by atoms with E-state index in [1.165, 1.54) is 19.1 Å². The van der Waals surface area contributed by atoms with Gasteiger partial charge in [0.25, 0.3) is 0 Å². The normalized spacial score (nSPS) is 13.4. The van der Waals surface area contributed by atoms with Gasteiger partial charge in [0, 0.05) is 11.6 Å². The zero-order valence-corrected chi connectivity index (χ0v) is 16.2. The minimum atomic E-state index is -4.80. The number of ether oxygens (including phenoxy) is 1. The number of aliphatic carboxylic acids is 1. The zero-order chi connectivity index (χ0) is 21.8. The summed E-state index contributed by atoms with van der Waals surface area (Å²) in [6.45, 7) is 5.33. The van der Waals surface area contributed by atoms with Crippen LogP contribution in [0.3, 0.4) is 0 Å². The number of hydrogen-bond acceptors (Lipinski definition) is 3. The number of nitrogens with one attached hydrogen (secondary N) is 1. The number of halogens is 3. The van der Waals surface area contributed by atoms with E-state index in [9.17, 15) is 27.9 Å². The quantitative estimate of drug-likeness (QED) is 0.694. The molecule has 0 unspecified atom stereocenters. The Kier molecular flexibility index (Phi) is 6.89. The first kappa shape index (κ1) is 22.3. The van der Waals surface area contributed by atoms with Crippen LogP contribution in [0.1, 0.15) is 23.6 Å². The summed E-state index contributed by atoms with van der Waals surface area (Å²) >= 11 is 0. The van der Waals surface area contributed by atoms with Crippen LogP contribution in [0.4, 0.5) is 18.9 Å². The molecule has 0 saturated heterocycles. The summed E-state index contributed by atoms with van der Waals surface area (Å²) in [5, 5.41) is 12.1. The van der Waals surface area contributed by atoms with E-state index in [0.29, 0.717) is 0 Å². The minimum Gasteiger partial charge on any atom is -0.481 e. The predicted molar refractivity (Wildman–Crippen MR) is 102 cm³/mol. The van der Waals surface area contributed by atoms with Gasteiger partial charge in [-0.25, -0.2) is 0 Å². The molecule has 0 aliphatic carbocycles. The van der Waals surface area contributed by atoms with Crippen molar-refractivity contribution in [3.63, 3.8) is 0 Å². The van der Waals surface area contributed by atoms with Crippen LogP contribution in [-0.4, -0.2) is 23.3 Å². The summed E-state index contributed by atoms with van der Waals surface area (Å²) in [5.41, 5.74) is 3.07. The van der Waals surface area contributed by atoms with Gasteiger partial charge in [-0.1, -0.05) is 36.2 Å². The van der Waals surface area contributed by atoms with Crippen LogP contribution in [0, 0.1) is 25.7 Å². The van der Waals surface area contributed by atoms with E-state index in [0.717, 1.165) is 28.8 Å². The second-order valence-corrected chi connectivity index (χ2v) is 6.99. The third-order valence-corrected chi connectivity index (χ3v) is 4.43. The van der Waals surface area contributed by atoms with Crippen molar-refractivity contribution in [2.75, 3.05) is 5.32 Å². The maximum absolute atomic E-state index is 12.5. The second-order valence-electron chi connectivity index (χ2n) is 6.99. The zero-order valence-electron chi connectivity index (χ0n) is 16.2. The number of aryl methyl sites for hydroxylation is 2. The summed E-state index contributed by atoms with van der Waals surface area (Å²) in [5.74, 6) is -3.86. The molecule has 156 valence electrons. The van der Waals surface area contributed by atoms with Gasteiger partial charge < -0.3 is 15.2 Å². The van der Waals surface area contributed by atoms with Crippen molar-refractivity contribution in [1.29, 1.82) is 0 Å². The monoisotopic (exact) mass is 409 g/mol. The molecule has 2 aromatic rings. The molecule has 0 bridgehead atoms. The van der Waals surface area contributed by atoms with Gasteiger partial charge in [0.05, 0.1) is 5.92 Å². The number of alkyl halides is 3. The highest BCUT2D eigenvalue weighted by molar-refractivity contribution is 5.95. The van der Waals surface area contributed by atoms with Crippen molar-refractivity contribution < 1.29 is 32.6 Å². The van der Waals surface area contributed by atoms with Gasteiger partial charge in [0.2, 0.25) is 5.91 Å². The first-order valence-electron chi connectivity index (χ1n) is 8.91. The Labute approximate surface area is 166 Å². The summed E-state index contributed by atoms with van der Waals surface area (Å²) in [6, 6.07) is 10.4. The largest absolute Gasteiger partial charge is 0.573 e. The fraction of sp³-hybridized carbons (Fsp3) is 0.333. The van der Waals surface area contributed by atoms with E-state index >= 15 is 0 Å². The molecule has 0 aromatic heterocycles. The Bertz CT molecular complexity index is 858. The fourth-order valence-corrected chi connectivity index (χ4v) is 3.10. The van der Waals surface area contributed by atoms with Gasteiger partial charge in [-0.2, -0.15) is 0 Å². The molecular formula is C21H22F3NO4. The molecule has 29 heavy (non-hydrogen) atoms. The highest BCUT2D eigenvalue weighted by atomic mass is 19.4. The number of carboxylic acid groups (broad SMARTS) is 1. The fourth-order valence-electron chi connectivity index (χ4n) is 3.10. The number of amides is 1. The summed E-state index contributed by atoms with van der Waals surface area (Å²) in [6.07, 6.45) is -4.62. The third-order valence-electron chi connectivity index (χ3n) is 4.43. The SMILES string of the molecule is Cc1cc(C)cc(C[C@H](C(=O)O)[C@H](C)C(=O)Nc2ccc(OC(F)(F)F)cc2)c1. The Hall–Kier alpha value is -3.03. The first-order valence-corrected chi connectivity index (χ1v) is 8.91. The molecule has 0 aliphatic rings. The summed E-state index contributed by atoms with van der Waals surface area (Å²) in [7, 11) is 0. The molecule has 2 rings (SSSR count). The van der Waals surface area contributed by atoms with Crippen LogP contribution in [0.5, 0.6) is 5.75 Å². The molecule has 0 aliphatic heterocycles. The third kappa shape index (κ3) is 6.81. The molecule has 0 saturated carbocycles. The molecule has 2 atom stereocenters. The number of carbonyl (C=O) groups is 2. The Balaban J connectivity index is 2.08. The predicted octanol–water partition coefficient (Wildman–Crippen LogP) is 4.72.